The van der Waals surface area contributed by atoms with Crippen LogP contribution in [-0.2, 0) is 4.79 Å². The topological polar surface area (TPSA) is 62.7 Å². The lowest BCUT2D eigenvalue weighted by Gasteiger charge is -2.32. The molecule has 0 bridgehead atoms. The molecular weight excluding hydrogens is 294 g/mol. The third-order valence-corrected chi connectivity index (χ3v) is 3.69. The number of benzene rings is 1. The summed E-state index contributed by atoms with van der Waals surface area (Å²) in [4.78, 5) is 30.8. The smallest absolute Gasteiger partial charge is 0.254 e. The lowest BCUT2D eigenvalue weighted by molar-refractivity contribution is -0.119. The first-order valence-corrected chi connectivity index (χ1v) is 7.44. The molecule has 1 aromatic carbocycles. The Kier molecular flexibility index (Phi) is 4.52. The van der Waals surface area contributed by atoms with Crippen LogP contribution in [0.1, 0.15) is 10.4 Å². The van der Waals surface area contributed by atoms with Gasteiger partial charge in [-0.25, -0.2) is 4.98 Å². The summed E-state index contributed by atoms with van der Waals surface area (Å²) in [5, 5.41) is 0. The van der Waals surface area contributed by atoms with Crippen molar-refractivity contribution in [3.63, 3.8) is 0 Å². The standard InChI is InChI=1S/C17H17N3O3/c21-13-19-8-10-20(11-9-19)17(22)14-4-3-5-15(12-14)23-16-6-1-2-7-18-16/h1-7,12-13H,8-11H2. The quantitative estimate of drug-likeness (QED) is 0.808. The van der Waals surface area contributed by atoms with E-state index in [9.17, 15) is 9.59 Å². The van der Waals surface area contributed by atoms with E-state index >= 15 is 0 Å². The minimum absolute atomic E-state index is 0.0537. The van der Waals surface area contributed by atoms with E-state index in [0.29, 0.717) is 43.4 Å². The lowest BCUT2D eigenvalue weighted by atomic mass is 10.1. The van der Waals surface area contributed by atoms with Crippen LogP contribution >= 0.6 is 0 Å². The van der Waals surface area contributed by atoms with Gasteiger partial charge >= 0.3 is 0 Å². The molecule has 1 aromatic heterocycles. The number of ether oxygens (including phenoxy) is 1. The Hall–Kier alpha value is -2.89. The van der Waals surface area contributed by atoms with Crippen LogP contribution in [0.2, 0.25) is 0 Å². The Morgan fingerprint density at radius 2 is 1.91 bits per heavy atom. The molecule has 2 heterocycles. The normalized spacial score (nSPS) is 14.4. The maximum atomic E-state index is 12.5. The van der Waals surface area contributed by atoms with Gasteiger partial charge in [0.25, 0.3) is 5.91 Å². The van der Waals surface area contributed by atoms with Crippen molar-refractivity contribution in [3.05, 3.63) is 54.2 Å². The zero-order valence-corrected chi connectivity index (χ0v) is 12.6. The van der Waals surface area contributed by atoms with E-state index in [1.807, 2.05) is 12.1 Å². The first-order chi connectivity index (χ1) is 11.3. The summed E-state index contributed by atoms with van der Waals surface area (Å²) in [6.45, 7) is 2.23. The van der Waals surface area contributed by atoms with Gasteiger partial charge < -0.3 is 14.5 Å². The summed E-state index contributed by atoms with van der Waals surface area (Å²) < 4.78 is 5.65. The average molecular weight is 311 g/mol. The van der Waals surface area contributed by atoms with Crippen molar-refractivity contribution >= 4 is 12.3 Å². The van der Waals surface area contributed by atoms with Gasteiger partial charge in [-0.05, 0) is 24.3 Å². The van der Waals surface area contributed by atoms with Gasteiger partial charge in [-0.15, -0.1) is 0 Å². The van der Waals surface area contributed by atoms with Crippen molar-refractivity contribution in [3.8, 4) is 11.6 Å². The molecule has 0 N–H and O–H groups in total. The van der Waals surface area contributed by atoms with Crippen LogP contribution in [0.3, 0.4) is 0 Å². The lowest BCUT2D eigenvalue weighted by Crippen LogP contribution is -2.48. The predicted octanol–water partition coefficient (Wildman–Crippen LogP) is 1.79. The molecule has 118 valence electrons. The number of carbonyl (C=O) groups excluding carboxylic acids is 2. The van der Waals surface area contributed by atoms with Crippen LogP contribution in [-0.4, -0.2) is 53.3 Å². The van der Waals surface area contributed by atoms with E-state index in [4.69, 9.17) is 4.74 Å². The van der Waals surface area contributed by atoms with E-state index in [1.165, 1.54) is 0 Å². The number of rotatable bonds is 4. The molecule has 3 rings (SSSR count). The number of carbonyl (C=O) groups is 2. The zero-order valence-electron chi connectivity index (χ0n) is 12.6. The maximum Gasteiger partial charge on any atom is 0.254 e. The monoisotopic (exact) mass is 311 g/mol. The number of piperazine rings is 1. The molecule has 0 saturated carbocycles. The highest BCUT2D eigenvalue weighted by Gasteiger charge is 2.21. The van der Waals surface area contributed by atoms with Crippen molar-refractivity contribution < 1.29 is 14.3 Å². The van der Waals surface area contributed by atoms with Gasteiger partial charge in [-0.3, -0.25) is 9.59 Å². The van der Waals surface area contributed by atoms with Gasteiger partial charge in [0.1, 0.15) is 5.75 Å². The van der Waals surface area contributed by atoms with Gasteiger partial charge in [0, 0.05) is 44.0 Å². The molecule has 1 saturated heterocycles. The molecule has 23 heavy (non-hydrogen) atoms. The van der Waals surface area contributed by atoms with Crippen LogP contribution < -0.4 is 4.74 Å². The molecule has 0 spiro atoms. The van der Waals surface area contributed by atoms with Crippen molar-refractivity contribution in [1.82, 2.24) is 14.8 Å². The van der Waals surface area contributed by atoms with E-state index in [-0.39, 0.29) is 5.91 Å². The predicted molar refractivity (Wildman–Crippen MR) is 84.3 cm³/mol. The summed E-state index contributed by atoms with van der Waals surface area (Å²) in [5.41, 5.74) is 0.568. The number of pyridine rings is 1. The Balaban J connectivity index is 1.69. The first-order valence-electron chi connectivity index (χ1n) is 7.44. The zero-order chi connectivity index (χ0) is 16.1. The highest BCUT2D eigenvalue weighted by atomic mass is 16.5. The van der Waals surface area contributed by atoms with Crippen molar-refractivity contribution in [1.29, 1.82) is 0 Å². The summed E-state index contributed by atoms with van der Waals surface area (Å²) in [6.07, 6.45) is 2.47. The molecule has 2 aromatic rings. The van der Waals surface area contributed by atoms with Crippen LogP contribution in [0.15, 0.2) is 48.7 Å². The van der Waals surface area contributed by atoms with Crippen LogP contribution in [0.25, 0.3) is 0 Å². The minimum atomic E-state index is -0.0537. The number of aromatic nitrogens is 1. The fourth-order valence-electron chi connectivity index (χ4n) is 2.43. The van der Waals surface area contributed by atoms with Crippen LogP contribution in [0.4, 0.5) is 0 Å². The average Bonchev–Trinajstić information content (AvgIpc) is 2.62. The number of amides is 2. The van der Waals surface area contributed by atoms with Crippen LogP contribution in [0.5, 0.6) is 11.6 Å². The van der Waals surface area contributed by atoms with Gasteiger partial charge in [0.2, 0.25) is 12.3 Å². The SMILES string of the molecule is O=CN1CCN(C(=O)c2cccc(Oc3ccccn3)c2)CC1. The highest BCUT2D eigenvalue weighted by Crippen LogP contribution is 2.21. The van der Waals surface area contributed by atoms with E-state index in [0.717, 1.165) is 6.41 Å². The minimum Gasteiger partial charge on any atom is -0.439 e. The van der Waals surface area contributed by atoms with E-state index in [1.54, 1.807) is 46.3 Å². The molecule has 0 atom stereocenters. The second kappa shape index (κ2) is 6.91. The second-order valence-electron chi connectivity index (χ2n) is 5.23. The molecule has 2 amide bonds. The molecular formula is C17H17N3O3. The van der Waals surface area contributed by atoms with Gasteiger partial charge in [0.05, 0.1) is 0 Å². The largest absolute Gasteiger partial charge is 0.439 e. The number of nitrogens with zero attached hydrogens (tertiary/aromatic N) is 3. The molecule has 0 aliphatic carbocycles. The Bertz CT molecular complexity index is 682. The Labute approximate surface area is 134 Å². The third kappa shape index (κ3) is 3.66. The molecule has 0 radical (unpaired) electrons. The molecule has 1 fully saturated rings. The maximum absolute atomic E-state index is 12.5. The van der Waals surface area contributed by atoms with E-state index in [2.05, 4.69) is 4.98 Å². The number of hydrogen-bond donors (Lipinski definition) is 0. The van der Waals surface area contributed by atoms with Gasteiger partial charge in [-0.2, -0.15) is 0 Å². The number of hydrogen-bond acceptors (Lipinski definition) is 4. The Morgan fingerprint density at radius 3 is 2.61 bits per heavy atom. The summed E-state index contributed by atoms with van der Waals surface area (Å²) in [6, 6.07) is 12.5. The highest BCUT2D eigenvalue weighted by molar-refractivity contribution is 5.94. The summed E-state index contributed by atoms with van der Waals surface area (Å²) in [5.74, 6) is 1.000. The Morgan fingerprint density at radius 1 is 1.09 bits per heavy atom. The van der Waals surface area contributed by atoms with Gasteiger partial charge in [0.15, 0.2) is 0 Å². The van der Waals surface area contributed by atoms with Crippen molar-refractivity contribution in [2.45, 2.75) is 0 Å². The van der Waals surface area contributed by atoms with Crippen LogP contribution in [0, 0.1) is 0 Å². The molecule has 6 heteroatoms. The fraction of sp³-hybridized carbons (Fsp3) is 0.235. The molecule has 0 unspecified atom stereocenters. The summed E-state index contributed by atoms with van der Waals surface area (Å²) >= 11 is 0. The van der Waals surface area contributed by atoms with E-state index < -0.39 is 0 Å². The fourth-order valence-corrected chi connectivity index (χ4v) is 2.43. The first kappa shape index (κ1) is 15.0. The van der Waals surface area contributed by atoms with Crippen molar-refractivity contribution in [2.75, 3.05) is 26.2 Å². The molecule has 1 aliphatic heterocycles. The third-order valence-electron chi connectivity index (χ3n) is 3.69. The molecule has 6 nitrogen and oxygen atoms in total. The second-order valence-corrected chi connectivity index (χ2v) is 5.23. The molecule has 1 aliphatic rings. The summed E-state index contributed by atoms with van der Waals surface area (Å²) in [7, 11) is 0. The van der Waals surface area contributed by atoms with Gasteiger partial charge in [-0.1, -0.05) is 12.1 Å². The van der Waals surface area contributed by atoms with Crippen molar-refractivity contribution in [2.24, 2.45) is 0 Å².